The number of amides is 1. The smallest absolute Gasteiger partial charge is 0.356 e. The second kappa shape index (κ2) is 6.94. The van der Waals surface area contributed by atoms with Crippen molar-refractivity contribution in [2.45, 2.75) is 18.4 Å². The van der Waals surface area contributed by atoms with Crippen LogP contribution in [0.2, 0.25) is 0 Å². The standard InChI is InChI=1S/C17H16FN3O4/c18-12-3-1-2-11(8-12)17(4-6-25-7-5-17)21-15(22)13-9-20-14(10-19-13)16(23)24/h1-3,8-10H,4-7H2,(H,21,22)(H,23,24). The number of nitrogens with one attached hydrogen (secondary N) is 1. The molecule has 0 radical (unpaired) electrons. The number of rotatable bonds is 4. The predicted octanol–water partition coefficient (Wildman–Crippen LogP) is 1.75. The van der Waals surface area contributed by atoms with Crippen LogP contribution in [0, 0.1) is 5.82 Å². The zero-order valence-corrected chi connectivity index (χ0v) is 13.2. The van der Waals surface area contributed by atoms with Gasteiger partial charge in [0, 0.05) is 13.2 Å². The van der Waals surface area contributed by atoms with Crippen molar-refractivity contribution >= 4 is 11.9 Å². The lowest BCUT2D eigenvalue weighted by Crippen LogP contribution is -2.49. The highest BCUT2D eigenvalue weighted by Crippen LogP contribution is 2.32. The van der Waals surface area contributed by atoms with E-state index in [1.165, 1.54) is 12.1 Å². The summed E-state index contributed by atoms with van der Waals surface area (Å²) in [4.78, 5) is 30.9. The van der Waals surface area contributed by atoms with Crippen LogP contribution in [-0.2, 0) is 10.3 Å². The second-order valence-electron chi connectivity index (χ2n) is 5.75. The fraction of sp³-hybridized carbons (Fsp3) is 0.294. The summed E-state index contributed by atoms with van der Waals surface area (Å²) in [6.07, 6.45) is 3.11. The molecule has 1 aromatic heterocycles. The van der Waals surface area contributed by atoms with Gasteiger partial charge in [-0.3, -0.25) is 4.79 Å². The highest BCUT2D eigenvalue weighted by atomic mass is 19.1. The molecule has 1 amide bonds. The first-order valence-corrected chi connectivity index (χ1v) is 7.72. The Hall–Kier alpha value is -2.87. The van der Waals surface area contributed by atoms with E-state index < -0.39 is 17.4 Å². The first-order valence-electron chi connectivity index (χ1n) is 7.72. The molecule has 0 spiro atoms. The lowest BCUT2D eigenvalue weighted by Gasteiger charge is -2.38. The minimum Gasteiger partial charge on any atom is -0.476 e. The van der Waals surface area contributed by atoms with Crippen molar-refractivity contribution in [1.82, 2.24) is 15.3 Å². The zero-order valence-electron chi connectivity index (χ0n) is 13.2. The van der Waals surface area contributed by atoms with Gasteiger partial charge >= 0.3 is 5.97 Å². The number of hydrogen-bond donors (Lipinski definition) is 2. The Bertz CT molecular complexity index is 789. The molecule has 1 saturated heterocycles. The van der Waals surface area contributed by atoms with Crippen molar-refractivity contribution in [2.75, 3.05) is 13.2 Å². The van der Waals surface area contributed by atoms with E-state index in [0.29, 0.717) is 31.6 Å². The molecule has 1 aliphatic rings. The van der Waals surface area contributed by atoms with Crippen molar-refractivity contribution in [3.8, 4) is 0 Å². The van der Waals surface area contributed by atoms with E-state index >= 15 is 0 Å². The van der Waals surface area contributed by atoms with Gasteiger partial charge in [-0.15, -0.1) is 0 Å². The Morgan fingerprint density at radius 3 is 2.44 bits per heavy atom. The Morgan fingerprint density at radius 2 is 1.84 bits per heavy atom. The number of carbonyl (C=O) groups excluding carboxylic acids is 1. The van der Waals surface area contributed by atoms with Crippen LogP contribution in [0.5, 0.6) is 0 Å². The number of aromatic carboxylic acids is 1. The maximum absolute atomic E-state index is 13.7. The third kappa shape index (κ3) is 3.63. The molecule has 2 heterocycles. The van der Waals surface area contributed by atoms with Crippen molar-refractivity contribution < 1.29 is 23.8 Å². The summed E-state index contributed by atoms with van der Waals surface area (Å²) in [6, 6.07) is 6.09. The van der Waals surface area contributed by atoms with Gasteiger partial charge in [0.15, 0.2) is 5.69 Å². The Kier molecular flexibility index (Phi) is 4.71. The first-order chi connectivity index (χ1) is 12.0. The number of hydrogen-bond acceptors (Lipinski definition) is 5. The molecular formula is C17H16FN3O4. The van der Waals surface area contributed by atoms with Gasteiger partial charge in [-0.05, 0) is 30.5 Å². The molecule has 0 saturated carbocycles. The van der Waals surface area contributed by atoms with Crippen LogP contribution in [0.4, 0.5) is 4.39 Å². The maximum Gasteiger partial charge on any atom is 0.356 e. The zero-order chi connectivity index (χ0) is 17.9. The van der Waals surface area contributed by atoms with Gasteiger partial charge in [0.1, 0.15) is 11.5 Å². The van der Waals surface area contributed by atoms with Crippen LogP contribution in [0.1, 0.15) is 39.4 Å². The van der Waals surface area contributed by atoms with Gasteiger partial charge in [-0.2, -0.15) is 0 Å². The molecular weight excluding hydrogens is 329 g/mol. The molecule has 1 aliphatic heterocycles. The van der Waals surface area contributed by atoms with Crippen molar-refractivity contribution in [3.05, 3.63) is 59.4 Å². The van der Waals surface area contributed by atoms with Crippen LogP contribution in [0.25, 0.3) is 0 Å². The molecule has 0 unspecified atom stereocenters. The van der Waals surface area contributed by atoms with Gasteiger partial charge in [-0.25, -0.2) is 19.2 Å². The fourth-order valence-corrected chi connectivity index (χ4v) is 2.83. The number of carbonyl (C=O) groups is 2. The topological polar surface area (TPSA) is 101 Å². The van der Waals surface area contributed by atoms with E-state index in [4.69, 9.17) is 9.84 Å². The van der Waals surface area contributed by atoms with Crippen molar-refractivity contribution in [1.29, 1.82) is 0 Å². The molecule has 0 aliphatic carbocycles. The molecule has 3 rings (SSSR count). The molecule has 1 aromatic carbocycles. The summed E-state index contributed by atoms with van der Waals surface area (Å²) >= 11 is 0. The van der Waals surface area contributed by atoms with E-state index in [-0.39, 0.29) is 17.2 Å². The highest BCUT2D eigenvalue weighted by Gasteiger charge is 2.36. The van der Waals surface area contributed by atoms with E-state index in [2.05, 4.69) is 15.3 Å². The monoisotopic (exact) mass is 345 g/mol. The van der Waals surface area contributed by atoms with E-state index in [1.807, 2.05) is 0 Å². The molecule has 130 valence electrons. The van der Waals surface area contributed by atoms with E-state index in [1.54, 1.807) is 12.1 Å². The van der Waals surface area contributed by atoms with Crippen LogP contribution in [0.3, 0.4) is 0 Å². The molecule has 8 heteroatoms. The van der Waals surface area contributed by atoms with E-state index in [9.17, 15) is 14.0 Å². The quantitative estimate of drug-likeness (QED) is 0.875. The number of benzene rings is 1. The van der Waals surface area contributed by atoms with Crippen molar-refractivity contribution in [2.24, 2.45) is 0 Å². The summed E-state index contributed by atoms with van der Waals surface area (Å²) in [5.74, 6) is -2.11. The molecule has 1 fully saturated rings. The molecule has 7 nitrogen and oxygen atoms in total. The summed E-state index contributed by atoms with van der Waals surface area (Å²) < 4.78 is 19.0. The minimum absolute atomic E-state index is 0.00716. The normalized spacial score (nSPS) is 16.2. The lowest BCUT2D eigenvalue weighted by atomic mass is 9.82. The largest absolute Gasteiger partial charge is 0.476 e. The fourth-order valence-electron chi connectivity index (χ4n) is 2.83. The predicted molar refractivity (Wildman–Crippen MR) is 84.6 cm³/mol. The number of halogens is 1. The van der Waals surface area contributed by atoms with Gasteiger partial charge in [0.2, 0.25) is 0 Å². The second-order valence-corrected chi connectivity index (χ2v) is 5.75. The SMILES string of the molecule is O=C(O)c1cnc(C(=O)NC2(c3cccc(F)c3)CCOCC2)cn1. The minimum atomic E-state index is -1.22. The molecule has 2 N–H and O–H groups in total. The molecule has 25 heavy (non-hydrogen) atoms. The average Bonchev–Trinajstić information content (AvgIpc) is 2.62. The van der Waals surface area contributed by atoms with Crippen LogP contribution in [0.15, 0.2) is 36.7 Å². The third-order valence-corrected chi connectivity index (χ3v) is 4.18. The van der Waals surface area contributed by atoms with Crippen molar-refractivity contribution in [3.63, 3.8) is 0 Å². The lowest BCUT2D eigenvalue weighted by molar-refractivity contribution is 0.0342. The van der Waals surface area contributed by atoms with Crippen LogP contribution >= 0.6 is 0 Å². The average molecular weight is 345 g/mol. The Morgan fingerprint density at radius 1 is 1.16 bits per heavy atom. The van der Waals surface area contributed by atoms with Gasteiger partial charge < -0.3 is 15.2 Å². The number of aromatic nitrogens is 2. The molecule has 0 bridgehead atoms. The van der Waals surface area contributed by atoms with Gasteiger partial charge in [0.25, 0.3) is 5.91 Å². The summed E-state index contributed by atoms with van der Waals surface area (Å²) in [5.41, 5.74) is -0.376. The Labute approximate surface area is 142 Å². The van der Waals surface area contributed by atoms with E-state index in [0.717, 1.165) is 12.4 Å². The number of nitrogens with zero attached hydrogens (tertiary/aromatic N) is 2. The number of carboxylic acid groups (broad SMARTS) is 1. The van der Waals surface area contributed by atoms with Gasteiger partial charge in [0.05, 0.1) is 17.9 Å². The van der Waals surface area contributed by atoms with Crippen LogP contribution in [-0.4, -0.2) is 40.2 Å². The van der Waals surface area contributed by atoms with Gasteiger partial charge in [-0.1, -0.05) is 12.1 Å². The summed E-state index contributed by atoms with van der Waals surface area (Å²) in [5, 5.41) is 11.7. The number of ether oxygens (including phenoxy) is 1. The molecule has 0 atom stereocenters. The maximum atomic E-state index is 13.7. The molecule has 2 aromatic rings. The first kappa shape index (κ1) is 17.0. The number of carboxylic acids is 1. The summed E-state index contributed by atoms with van der Waals surface area (Å²) in [6.45, 7) is 0.862. The van der Waals surface area contributed by atoms with Crippen LogP contribution < -0.4 is 5.32 Å². The third-order valence-electron chi connectivity index (χ3n) is 4.18. The highest BCUT2D eigenvalue weighted by molar-refractivity contribution is 5.93. The summed E-state index contributed by atoms with van der Waals surface area (Å²) in [7, 11) is 0. The Balaban J connectivity index is 1.87.